The fourth-order valence-electron chi connectivity index (χ4n) is 2.21. The van der Waals surface area contributed by atoms with Crippen LogP contribution in [-0.4, -0.2) is 26.2 Å². The van der Waals surface area contributed by atoms with E-state index in [1.165, 1.54) is 25.1 Å². The molecule has 2 aromatic carbocycles. The van der Waals surface area contributed by atoms with E-state index in [4.69, 9.17) is 0 Å². The minimum atomic E-state index is -3.68. The number of hydrogen-bond acceptors (Lipinski definition) is 4. The van der Waals surface area contributed by atoms with E-state index in [-0.39, 0.29) is 22.3 Å². The van der Waals surface area contributed by atoms with Gasteiger partial charge in [0.05, 0.1) is 4.90 Å². The largest absolute Gasteiger partial charge is 0.322 e. The summed E-state index contributed by atoms with van der Waals surface area (Å²) in [5.74, 6) is -0.490. The van der Waals surface area contributed by atoms with Crippen LogP contribution in [0.5, 0.6) is 0 Å². The van der Waals surface area contributed by atoms with Crippen LogP contribution >= 0.6 is 0 Å². The van der Waals surface area contributed by atoms with Crippen molar-refractivity contribution < 1.29 is 18.0 Å². The van der Waals surface area contributed by atoms with Crippen LogP contribution in [0.25, 0.3) is 0 Å². The van der Waals surface area contributed by atoms with Crippen molar-refractivity contribution in [2.75, 3.05) is 5.32 Å². The molecule has 2 N–H and O–H groups in total. The summed E-state index contributed by atoms with van der Waals surface area (Å²) in [7, 11) is -3.68. The molecule has 0 aromatic heterocycles. The number of Topliss-reactive ketones (excluding diaryl/α,β-unsaturated/α-hetero) is 1. The van der Waals surface area contributed by atoms with Crippen LogP contribution in [0.15, 0.2) is 53.4 Å². The average molecular weight is 374 g/mol. The van der Waals surface area contributed by atoms with Gasteiger partial charge in [-0.05, 0) is 62.7 Å². The zero-order valence-electron chi connectivity index (χ0n) is 14.9. The van der Waals surface area contributed by atoms with Crippen molar-refractivity contribution in [1.29, 1.82) is 0 Å². The number of anilines is 1. The molecule has 1 amide bonds. The molecule has 1 atom stereocenters. The van der Waals surface area contributed by atoms with Gasteiger partial charge in [-0.15, -0.1) is 0 Å². The van der Waals surface area contributed by atoms with Crippen molar-refractivity contribution in [3.05, 3.63) is 59.7 Å². The van der Waals surface area contributed by atoms with Gasteiger partial charge in [-0.2, -0.15) is 0 Å². The van der Waals surface area contributed by atoms with Crippen molar-refractivity contribution in [2.45, 2.75) is 38.1 Å². The summed E-state index contributed by atoms with van der Waals surface area (Å²) in [5, 5.41) is 2.69. The molecule has 0 bridgehead atoms. The average Bonchev–Trinajstić information content (AvgIpc) is 2.61. The molecule has 7 heteroatoms. The van der Waals surface area contributed by atoms with Crippen LogP contribution < -0.4 is 10.0 Å². The van der Waals surface area contributed by atoms with Gasteiger partial charge in [0, 0.05) is 22.9 Å². The lowest BCUT2D eigenvalue weighted by molar-refractivity contribution is 0.101. The second-order valence-electron chi connectivity index (χ2n) is 6.05. The van der Waals surface area contributed by atoms with E-state index >= 15 is 0 Å². The molecule has 138 valence electrons. The lowest BCUT2D eigenvalue weighted by Gasteiger charge is -2.13. The number of hydrogen-bond donors (Lipinski definition) is 2. The first-order chi connectivity index (χ1) is 12.2. The Morgan fingerprint density at radius 2 is 1.69 bits per heavy atom. The molecule has 2 aromatic rings. The molecular formula is C19H22N2O4S. The lowest BCUT2D eigenvalue weighted by Crippen LogP contribution is -2.32. The number of carbonyl (C=O) groups excluding carboxylic acids is 2. The summed E-state index contributed by atoms with van der Waals surface area (Å²) >= 11 is 0. The second kappa shape index (κ2) is 8.25. The van der Waals surface area contributed by atoms with Crippen LogP contribution in [0.2, 0.25) is 0 Å². The Hall–Kier alpha value is -2.51. The quantitative estimate of drug-likeness (QED) is 0.728. The molecule has 6 nitrogen and oxygen atoms in total. The minimum Gasteiger partial charge on any atom is -0.322 e. The summed E-state index contributed by atoms with van der Waals surface area (Å²) in [6.07, 6.45) is 0.662. The normalized spacial score (nSPS) is 12.4. The number of ketones is 1. The smallest absolute Gasteiger partial charge is 0.255 e. The summed E-state index contributed by atoms with van der Waals surface area (Å²) in [6, 6.07) is 12.1. The fourth-order valence-corrected chi connectivity index (χ4v) is 3.58. The third-order valence-electron chi connectivity index (χ3n) is 3.92. The van der Waals surface area contributed by atoms with Gasteiger partial charge in [-0.1, -0.05) is 13.0 Å². The van der Waals surface area contributed by atoms with Crippen LogP contribution in [0.4, 0.5) is 5.69 Å². The topological polar surface area (TPSA) is 92.3 Å². The van der Waals surface area contributed by atoms with Crippen LogP contribution in [0, 0.1) is 0 Å². The Morgan fingerprint density at radius 1 is 1.04 bits per heavy atom. The molecule has 2 rings (SSSR count). The van der Waals surface area contributed by atoms with Gasteiger partial charge in [0.2, 0.25) is 10.0 Å². The Labute approximate surface area is 153 Å². The van der Waals surface area contributed by atoms with Crippen LogP contribution in [0.1, 0.15) is 47.9 Å². The highest BCUT2D eigenvalue weighted by Gasteiger charge is 2.18. The molecule has 0 saturated heterocycles. The van der Waals surface area contributed by atoms with Gasteiger partial charge in [0.15, 0.2) is 5.78 Å². The number of carbonyl (C=O) groups is 2. The first-order valence-corrected chi connectivity index (χ1v) is 9.76. The highest BCUT2D eigenvalue weighted by Crippen LogP contribution is 2.15. The van der Waals surface area contributed by atoms with Crippen molar-refractivity contribution >= 4 is 27.4 Å². The van der Waals surface area contributed by atoms with E-state index in [1.54, 1.807) is 37.3 Å². The SMILES string of the molecule is CCC(C)NS(=O)(=O)c1cccc(C(=O)Nc2ccc(C(C)=O)cc2)c1. The summed E-state index contributed by atoms with van der Waals surface area (Å²) in [6.45, 7) is 5.13. The molecule has 0 saturated carbocycles. The fraction of sp³-hybridized carbons (Fsp3) is 0.263. The number of nitrogens with one attached hydrogen (secondary N) is 2. The van der Waals surface area contributed by atoms with Crippen molar-refractivity contribution in [3.8, 4) is 0 Å². The highest BCUT2D eigenvalue weighted by atomic mass is 32.2. The predicted molar refractivity (Wildman–Crippen MR) is 101 cm³/mol. The van der Waals surface area contributed by atoms with E-state index in [1.807, 2.05) is 6.92 Å². The van der Waals surface area contributed by atoms with Crippen molar-refractivity contribution in [3.63, 3.8) is 0 Å². The maximum absolute atomic E-state index is 12.4. The summed E-state index contributed by atoms with van der Waals surface area (Å²) < 4.78 is 27.3. The van der Waals surface area contributed by atoms with Crippen molar-refractivity contribution in [1.82, 2.24) is 4.72 Å². The molecule has 0 heterocycles. The number of sulfonamides is 1. The van der Waals surface area contributed by atoms with E-state index in [0.29, 0.717) is 17.7 Å². The van der Waals surface area contributed by atoms with E-state index in [0.717, 1.165) is 0 Å². The van der Waals surface area contributed by atoms with Crippen molar-refractivity contribution in [2.24, 2.45) is 0 Å². The highest BCUT2D eigenvalue weighted by molar-refractivity contribution is 7.89. The molecule has 0 spiro atoms. The Bertz CT molecular complexity index is 905. The zero-order chi connectivity index (χ0) is 19.3. The molecular weight excluding hydrogens is 352 g/mol. The monoisotopic (exact) mass is 374 g/mol. The van der Waals surface area contributed by atoms with Crippen LogP contribution in [0.3, 0.4) is 0 Å². The number of benzene rings is 2. The van der Waals surface area contributed by atoms with Gasteiger partial charge >= 0.3 is 0 Å². The van der Waals surface area contributed by atoms with Gasteiger partial charge in [-0.25, -0.2) is 13.1 Å². The Balaban J connectivity index is 2.18. The predicted octanol–water partition coefficient (Wildman–Crippen LogP) is 3.22. The molecule has 0 aliphatic carbocycles. The van der Waals surface area contributed by atoms with Gasteiger partial charge in [0.25, 0.3) is 5.91 Å². The maximum atomic E-state index is 12.4. The maximum Gasteiger partial charge on any atom is 0.255 e. The zero-order valence-corrected chi connectivity index (χ0v) is 15.8. The lowest BCUT2D eigenvalue weighted by atomic mass is 10.1. The second-order valence-corrected chi connectivity index (χ2v) is 7.76. The molecule has 26 heavy (non-hydrogen) atoms. The van der Waals surface area contributed by atoms with E-state index < -0.39 is 15.9 Å². The first-order valence-electron chi connectivity index (χ1n) is 8.27. The molecule has 0 aliphatic rings. The summed E-state index contributed by atoms with van der Waals surface area (Å²) in [5.41, 5.74) is 1.30. The van der Waals surface area contributed by atoms with Gasteiger partial charge in [-0.3, -0.25) is 9.59 Å². The third-order valence-corrected chi connectivity index (χ3v) is 5.51. The van der Waals surface area contributed by atoms with E-state index in [9.17, 15) is 18.0 Å². The number of amides is 1. The van der Waals surface area contributed by atoms with E-state index in [2.05, 4.69) is 10.0 Å². The first kappa shape index (κ1) is 19.8. The third kappa shape index (κ3) is 5.00. The molecule has 0 radical (unpaired) electrons. The molecule has 1 unspecified atom stereocenters. The van der Waals surface area contributed by atoms with Crippen LogP contribution in [-0.2, 0) is 10.0 Å². The molecule has 0 aliphatic heterocycles. The Kier molecular flexibility index (Phi) is 6.28. The summed E-state index contributed by atoms with van der Waals surface area (Å²) in [4.78, 5) is 23.7. The van der Waals surface area contributed by atoms with Gasteiger partial charge in [0.1, 0.15) is 0 Å². The minimum absolute atomic E-state index is 0.0392. The standard InChI is InChI=1S/C19H22N2O4S/c1-4-13(2)21-26(24,25)18-7-5-6-16(12-18)19(23)20-17-10-8-15(9-11-17)14(3)22/h5-13,21H,4H2,1-3H3,(H,20,23). The molecule has 0 fully saturated rings. The number of rotatable bonds is 7. The van der Waals surface area contributed by atoms with Gasteiger partial charge < -0.3 is 5.32 Å². The Morgan fingerprint density at radius 3 is 2.27 bits per heavy atom.